The van der Waals surface area contributed by atoms with Crippen molar-refractivity contribution in [3.05, 3.63) is 68.4 Å². The minimum Gasteiger partial charge on any atom is -0.373 e. The number of ether oxygens (including phenoxy) is 1. The van der Waals surface area contributed by atoms with Crippen LogP contribution in [0.25, 0.3) is 11.3 Å². The fraction of sp³-hybridized carbons (Fsp3) is 0.360. The van der Waals surface area contributed by atoms with Crippen LogP contribution in [0.5, 0.6) is 0 Å². The normalized spacial score (nSPS) is 16.7. The standard InChI is InChI=1S/C25H22Cl3N3O2/c26-20-2-1-3-21(27)23(20)24-19(25(33-30-24)15-4-5-15)14-32-18-8-10-31(11-9-18)17-7-6-16(13-29)22(28)12-17/h1-3,6-7,12,15,18H,4-5,8-11,14H2. The lowest BCUT2D eigenvalue weighted by molar-refractivity contribution is 0.0246. The Morgan fingerprint density at radius 2 is 1.76 bits per heavy atom. The molecule has 1 aromatic heterocycles. The Bertz CT molecular complexity index is 1190. The molecule has 0 bridgehead atoms. The van der Waals surface area contributed by atoms with Crippen molar-refractivity contribution in [1.82, 2.24) is 5.16 Å². The first-order valence-corrected chi connectivity index (χ1v) is 12.2. The van der Waals surface area contributed by atoms with Crippen molar-refractivity contribution in [2.24, 2.45) is 0 Å². The molecule has 2 aromatic carbocycles. The molecule has 1 aliphatic heterocycles. The van der Waals surface area contributed by atoms with Crippen LogP contribution in [0.2, 0.25) is 15.1 Å². The van der Waals surface area contributed by atoms with Gasteiger partial charge in [-0.05, 0) is 56.0 Å². The van der Waals surface area contributed by atoms with Gasteiger partial charge in [0.05, 0.1) is 33.3 Å². The smallest absolute Gasteiger partial charge is 0.145 e. The lowest BCUT2D eigenvalue weighted by atomic mass is 10.0. The average molecular weight is 503 g/mol. The van der Waals surface area contributed by atoms with E-state index in [0.717, 1.165) is 55.8 Å². The average Bonchev–Trinajstić information content (AvgIpc) is 3.58. The van der Waals surface area contributed by atoms with Gasteiger partial charge >= 0.3 is 0 Å². The van der Waals surface area contributed by atoms with Gasteiger partial charge in [-0.15, -0.1) is 0 Å². The number of benzene rings is 2. The van der Waals surface area contributed by atoms with Crippen molar-refractivity contribution in [3.8, 4) is 17.3 Å². The van der Waals surface area contributed by atoms with E-state index in [2.05, 4.69) is 16.1 Å². The van der Waals surface area contributed by atoms with Crippen molar-refractivity contribution in [3.63, 3.8) is 0 Å². The number of aromatic nitrogens is 1. The second-order valence-corrected chi connectivity index (χ2v) is 9.74. The summed E-state index contributed by atoms with van der Waals surface area (Å²) in [4.78, 5) is 2.27. The quantitative estimate of drug-likeness (QED) is 0.355. The molecule has 1 saturated heterocycles. The lowest BCUT2D eigenvalue weighted by Crippen LogP contribution is -2.37. The van der Waals surface area contributed by atoms with Crippen molar-refractivity contribution >= 4 is 40.5 Å². The summed E-state index contributed by atoms with van der Waals surface area (Å²) in [6.45, 7) is 2.13. The van der Waals surface area contributed by atoms with Crippen LogP contribution in [0.4, 0.5) is 5.69 Å². The predicted octanol–water partition coefficient (Wildman–Crippen LogP) is 7.24. The summed E-state index contributed by atoms with van der Waals surface area (Å²) < 4.78 is 12.1. The second kappa shape index (κ2) is 9.56. The number of anilines is 1. The third-order valence-electron chi connectivity index (χ3n) is 6.31. The summed E-state index contributed by atoms with van der Waals surface area (Å²) in [5, 5.41) is 15.0. The number of piperidine rings is 1. The van der Waals surface area contributed by atoms with Crippen molar-refractivity contribution < 1.29 is 9.26 Å². The van der Waals surface area contributed by atoms with Crippen molar-refractivity contribution in [2.45, 2.75) is 44.3 Å². The molecule has 2 heterocycles. The van der Waals surface area contributed by atoms with Crippen LogP contribution in [0.3, 0.4) is 0 Å². The Morgan fingerprint density at radius 1 is 1.03 bits per heavy atom. The van der Waals surface area contributed by atoms with Gasteiger partial charge in [-0.25, -0.2) is 0 Å². The molecule has 0 amide bonds. The van der Waals surface area contributed by atoms with Crippen LogP contribution < -0.4 is 4.90 Å². The maximum absolute atomic E-state index is 9.08. The fourth-order valence-electron chi connectivity index (χ4n) is 4.32. The number of hydrogen-bond acceptors (Lipinski definition) is 5. The molecule has 0 atom stereocenters. The summed E-state index contributed by atoms with van der Waals surface area (Å²) in [5.41, 5.74) is 3.85. The molecule has 5 nitrogen and oxygen atoms in total. The molecule has 170 valence electrons. The monoisotopic (exact) mass is 501 g/mol. The summed E-state index contributed by atoms with van der Waals surface area (Å²) in [6.07, 6.45) is 4.12. The van der Waals surface area contributed by atoms with Gasteiger partial charge in [0.1, 0.15) is 17.5 Å². The Kier molecular flexibility index (Phi) is 6.53. The van der Waals surface area contributed by atoms with E-state index in [1.165, 1.54) is 0 Å². The number of nitriles is 1. The molecule has 33 heavy (non-hydrogen) atoms. The molecule has 5 rings (SSSR count). The zero-order chi connectivity index (χ0) is 22.9. The maximum atomic E-state index is 9.08. The zero-order valence-corrected chi connectivity index (χ0v) is 20.1. The lowest BCUT2D eigenvalue weighted by Gasteiger charge is -2.33. The summed E-state index contributed by atoms with van der Waals surface area (Å²) in [5.74, 6) is 1.29. The van der Waals surface area contributed by atoms with Crippen molar-refractivity contribution in [2.75, 3.05) is 18.0 Å². The highest BCUT2D eigenvalue weighted by molar-refractivity contribution is 6.39. The Balaban J connectivity index is 1.28. The third-order valence-corrected chi connectivity index (χ3v) is 7.25. The summed E-state index contributed by atoms with van der Waals surface area (Å²) in [7, 11) is 0. The highest BCUT2D eigenvalue weighted by Crippen LogP contribution is 2.46. The van der Waals surface area contributed by atoms with Crippen LogP contribution in [-0.2, 0) is 11.3 Å². The van der Waals surface area contributed by atoms with E-state index in [1.807, 2.05) is 30.3 Å². The van der Waals surface area contributed by atoms with E-state index in [0.29, 0.717) is 44.4 Å². The molecule has 1 saturated carbocycles. The van der Waals surface area contributed by atoms with Crippen LogP contribution >= 0.6 is 34.8 Å². The zero-order valence-electron chi connectivity index (χ0n) is 17.9. The number of nitrogens with zero attached hydrogens (tertiary/aromatic N) is 3. The van der Waals surface area contributed by atoms with Crippen molar-refractivity contribution in [1.29, 1.82) is 5.26 Å². The van der Waals surface area contributed by atoms with Gasteiger partial charge in [0.2, 0.25) is 0 Å². The Morgan fingerprint density at radius 3 is 2.39 bits per heavy atom. The van der Waals surface area contributed by atoms with E-state index >= 15 is 0 Å². The summed E-state index contributed by atoms with van der Waals surface area (Å²) in [6, 6.07) is 13.1. The number of rotatable bonds is 6. The fourth-order valence-corrected chi connectivity index (χ4v) is 5.11. The number of halogens is 3. The molecule has 3 aromatic rings. The molecular formula is C25H22Cl3N3O2. The predicted molar refractivity (Wildman–Crippen MR) is 130 cm³/mol. The van der Waals surface area contributed by atoms with Crippen LogP contribution in [0.15, 0.2) is 40.9 Å². The highest BCUT2D eigenvalue weighted by atomic mass is 35.5. The van der Waals surface area contributed by atoms with E-state index in [1.54, 1.807) is 6.07 Å². The van der Waals surface area contributed by atoms with Gasteiger partial charge in [0, 0.05) is 35.8 Å². The molecule has 0 N–H and O–H groups in total. The SMILES string of the molecule is N#Cc1ccc(N2CCC(OCc3c(-c4c(Cl)cccc4Cl)noc3C3CC3)CC2)cc1Cl. The van der Waals surface area contributed by atoms with E-state index < -0.39 is 0 Å². The highest BCUT2D eigenvalue weighted by Gasteiger charge is 2.34. The number of hydrogen-bond donors (Lipinski definition) is 0. The molecule has 0 radical (unpaired) electrons. The van der Waals surface area contributed by atoms with E-state index in [4.69, 9.17) is 49.3 Å². The van der Waals surface area contributed by atoms with Gasteiger partial charge < -0.3 is 14.2 Å². The Hall–Kier alpha value is -2.23. The molecule has 2 aliphatic rings. The first kappa shape index (κ1) is 22.6. The molecule has 0 spiro atoms. The van der Waals surface area contributed by atoms with Gasteiger partial charge in [0.25, 0.3) is 0 Å². The minimum atomic E-state index is 0.131. The van der Waals surface area contributed by atoms with Crippen LogP contribution in [0, 0.1) is 11.3 Å². The van der Waals surface area contributed by atoms with Gasteiger partial charge in [-0.2, -0.15) is 5.26 Å². The topological polar surface area (TPSA) is 62.3 Å². The Labute approximate surface area is 207 Å². The third kappa shape index (κ3) is 4.72. The molecule has 1 aliphatic carbocycles. The van der Waals surface area contributed by atoms with E-state index in [9.17, 15) is 0 Å². The van der Waals surface area contributed by atoms with Crippen LogP contribution in [0.1, 0.15) is 48.5 Å². The first-order valence-electron chi connectivity index (χ1n) is 11.0. The van der Waals surface area contributed by atoms with Gasteiger partial charge in [0.15, 0.2) is 0 Å². The van der Waals surface area contributed by atoms with Crippen LogP contribution in [-0.4, -0.2) is 24.4 Å². The molecular weight excluding hydrogens is 481 g/mol. The molecule has 0 unspecified atom stereocenters. The van der Waals surface area contributed by atoms with Gasteiger partial charge in [-0.1, -0.05) is 46.0 Å². The molecule has 8 heteroatoms. The first-order chi connectivity index (χ1) is 16.0. The largest absolute Gasteiger partial charge is 0.373 e. The second-order valence-electron chi connectivity index (χ2n) is 8.52. The van der Waals surface area contributed by atoms with E-state index in [-0.39, 0.29) is 6.10 Å². The minimum absolute atomic E-state index is 0.131. The van der Waals surface area contributed by atoms with Gasteiger partial charge in [-0.3, -0.25) is 0 Å². The molecule has 2 fully saturated rings. The maximum Gasteiger partial charge on any atom is 0.145 e. The summed E-state index contributed by atoms with van der Waals surface area (Å²) >= 11 is 19.1.